The Morgan fingerprint density at radius 1 is 1.16 bits per heavy atom. The maximum atomic E-state index is 14.3. The van der Waals surface area contributed by atoms with Gasteiger partial charge in [-0.15, -0.1) is 11.3 Å². The molecule has 5 aromatic rings. The van der Waals surface area contributed by atoms with E-state index in [1.807, 2.05) is 18.2 Å². The van der Waals surface area contributed by atoms with Gasteiger partial charge in [0.1, 0.15) is 18.4 Å². The van der Waals surface area contributed by atoms with E-state index in [4.69, 9.17) is 28.3 Å². The molecule has 7 rings (SSSR count). The highest BCUT2D eigenvalue weighted by atomic mass is 35.5. The molecule has 1 fully saturated rings. The summed E-state index contributed by atoms with van der Waals surface area (Å²) < 4.78 is 30.3. The van der Waals surface area contributed by atoms with Crippen LogP contribution in [0.5, 0.6) is 0 Å². The van der Waals surface area contributed by atoms with Crippen LogP contribution >= 0.6 is 34.5 Å². The topological polar surface area (TPSA) is 80.9 Å². The number of rotatable bonds is 8. The van der Waals surface area contributed by atoms with E-state index in [0.717, 1.165) is 37.1 Å². The normalized spacial score (nSPS) is 18.1. The number of thiazole rings is 1. The number of anilines is 1. The van der Waals surface area contributed by atoms with Crippen molar-refractivity contribution in [2.75, 3.05) is 31.6 Å². The number of benzene rings is 2. The Morgan fingerprint density at radius 3 is 2.68 bits per heavy atom. The number of likely N-dealkylation sites (tertiary alicyclic amines) is 1. The molecule has 1 amide bonds. The van der Waals surface area contributed by atoms with Gasteiger partial charge in [0.25, 0.3) is 5.91 Å². The van der Waals surface area contributed by atoms with Crippen LogP contribution in [0, 0.1) is 0 Å². The minimum absolute atomic E-state index is 0.162. The molecule has 1 saturated heterocycles. The van der Waals surface area contributed by atoms with Gasteiger partial charge < -0.3 is 9.47 Å². The molecular weight excluding hydrogens is 627 g/mol. The zero-order valence-electron chi connectivity index (χ0n) is 23.6. The van der Waals surface area contributed by atoms with Crippen LogP contribution in [0.3, 0.4) is 0 Å². The van der Waals surface area contributed by atoms with Gasteiger partial charge in [0.15, 0.2) is 11.2 Å². The maximum absolute atomic E-state index is 14.3. The number of nitrogens with zero attached hydrogens (tertiary/aromatic N) is 6. The second kappa shape index (κ2) is 12.2. The Hall–Kier alpha value is -3.38. The van der Waals surface area contributed by atoms with E-state index in [0.29, 0.717) is 49.9 Å². The first-order valence-electron chi connectivity index (χ1n) is 14.5. The van der Waals surface area contributed by atoms with Crippen LogP contribution in [0.4, 0.5) is 13.9 Å². The van der Waals surface area contributed by atoms with Crippen LogP contribution < -0.4 is 5.32 Å². The van der Waals surface area contributed by atoms with Gasteiger partial charge in [-0.25, -0.2) is 18.7 Å². The summed E-state index contributed by atoms with van der Waals surface area (Å²) in [4.78, 5) is 24.6. The minimum atomic E-state index is -1.04. The van der Waals surface area contributed by atoms with Crippen molar-refractivity contribution < 1.29 is 13.6 Å². The Labute approximate surface area is 266 Å². The van der Waals surface area contributed by atoms with Crippen LogP contribution in [0.1, 0.15) is 41.8 Å². The number of halogens is 4. The predicted molar refractivity (Wildman–Crippen MR) is 169 cm³/mol. The number of carbonyl (C=O) groups excluding carboxylic acids is 1. The Kier molecular flexibility index (Phi) is 8.13. The third-order valence-electron chi connectivity index (χ3n) is 8.61. The summed E-state index contributed by atoms with van der Waals surface area (Å²) in [7, 11) is 0. The van der Waals surface area contributed by atoms with E-state index in [-0.39, 0.29) is 19.6 Å². The van der Waals surface area contributed by atoms with Crippen molar-refractivity contribution in [3.63, 3.8) is 0 Å². The standard InChI is InChI=1S/C31H29Cl2F2N7OS/c32-24-14-22(20-3-1-18(2-4-20)19-5-9-40(10-6-19)11-7-34)26(33)27-23(24)16-42(39-27)29(30(43)38-31-36-8-12-44-31)28-25-13-21(35)15-41(25)17-37-28/h1-4,8,12,14,16-17,19,21,29H,5-7,9-11,13,15H2,(H,36,38,43)/t21-,29?/m1/s1. The van der Waals surface area contributed by atoms with Crippen LogP contribution in [0.2, 0.25) is 10.0 Å². The van der Waals surface area contributed by atoms with Gasteiger partial charge in [-0.3, -0.25) is 14.8 Å². The van der Waals surface area contributed by atoms with E-state index in [1.165, 1.54) is 21.6 Å². The largest absolute Gasteiger partial charge is 0.331 e. The highest BCUT2D eigenvalue weighted by Gasteiger charge is 2.34. The zero-order valence-corrected chi connectivity index (χ0v) is 25.9. The number of hydrogen-bond donors (Lipinski definition) is 1. The molecule has 0 radical (unpaired) electrons. The van der Waals surface area contributed by atoms with Crippen molar-refractivity contribution in [2.45, 2.75) is 43.9 Å². The van der Waals surface area contributed by atoms with Crippen LogP contribution in [0.15, 0.2) is 54.4 Å². The number of alkyl halides is 2. The van der Waals surface area contributed by atoms with Gasteiger partial charge in [0.2, 0.25) is 0 Å². The lowest BCUT2D eigenvalue weighted by atomic mass is 9.88. The van der Waals surface area contributed by atoms with Gasteiger partial charge in [0, 0.05) is 47.4 Å². The molecule has 228 valence electrons. The molecule has 5 heterocycles. The molecule has 3 aromatic heterocycles. The summed E-state index contributed by atoms with van der Waals surface area (Å²) >= 11 is 15.1. The van der Waals surface area contributed by atoms with Crippen LogP contribution in [0.25, 0.3) is 22.0 Å². The van der Waals surface area contributed by atoms with E-state index in [2.05, 4.69) is 32.3 Å². The first-order valence-corrected chi connectivity index (χ1v) is 16.2. The minimum Gasteiger partial charge on any atom is -0.331 e. The van der Waals surface area contributed by atoms with Crippen molar-refractivity contribution in [1.82, 2.24) is 29.2 Å². The number of amides is 1. The summed E-state index contributed by atoms with van der Waals surface area (Å²) in [5, 5.41) is 11.2. The number of piperidine rings is 1. The third kappa shape index (κ3) is 5.51. The fourth-order valence-electron chi connectivity index (χ4n) is 6.36. The average Bonchev–Trinajstić information content (AvgIpc) is 3.83. The van der Waals surface area contributed by atoms with Crippen LogP contribution in [-0.4, -0.2) is 67.6 Å². The van der Waals surface area contributed by atoms with Crippen LogP contribution in [-0.2, 0) is 17.8 Å². The Balaban J connectivity index is 1.22. The van der Waals surface area contributed by atoms with E-state index in [9.17, 15) is 13.6 Å². The molecule has 44 heavy (non-hydrogen) atoms. The Bertz CT molecular complexity index is 1800. The van der Waals surface area contributed by atoms with Crippen molar-refractivity contribution in [3.05, 3.63) is 81.4 Å². The maximum Gasteiger partial charge on any atom is 0.257 e. The fraction of sp³-hybridized carbons (Fsp3) is 0.355. The number of imidazole rings is 1. The van der Waals surface area contributed by atoms with Gasteiger partial charge >= 0.3 is 0 Å². The smallest absolute Gasteiger partial charge is 0.257 e. The molecule has 13 heteroatoms. The molecule has 2 aliphatic rings. The van der Waals surface area contributed by atoms with E-state index < -0.39 is 18.1 Å². The monoisotopic (exact) mass is 655 g/mol. The second-order valence-corrected chi connectivity index (χ2v) is 13.0. The highest BCUT2D eigenvalue weighted by molar-refractivity contribution is 7.13. The molecule has 0 bridgehead atoms. The Morgan fingerprint density at radius 2 is 1.95 bits per heavy atom. The zero-order chi connectivity index (χ0) is 30.4. The van der Waals surface area contributed by atoms with Crippen molar-refractivity contribution in [3.8, 4) is 11.1 Å². The van der Waals surface area contributed by atoms with Gasteiger partial charge in [-0.05, 0) is 49.0 Å². The summed E-state index contributed by atoms with van der Waals surface area (Å²) in [6.07, 6.45) is 5.97. The lowest BCUT2D eigenvalue weighted by Crippen LogP contribution is -2.34. The van der Waals surface area contributed by atoms with Gasteiger partial charge in [-0.2, -0.15) is 5.10 Å². The predicted octanol–water partition coefficient (Wildman–Crippen LogP) is 6.93. The van der Waals surface area contributed by atoms with Gasteiger partial charge in [0.05, 0.1) is 28.6 Å². The average molecular weight is 657 g/mol. The first kappa shape index (κ1) is 29.3. The summed E-state index contributed by atoms with van der Waals surface area (Å²) in [5.41, 5.74) is 4.40. The van der Waals surface area contributed by atoms with E-state index >= 15 is 0 Å². The second-order valence-electron chi connectivity index (χ2n) is 11.3. The molecular formula is C31H29Cl2F2N7OS. The number of hydrogen-bond acceptors (Lipinski definition) is 6. The van der Waals surface area contributed by atoms with Gasteiger partial charge in [-0.1, -0.05) is 47.5 Å². The molecule has 2 atom stereocenters. The molecule has 2 aromatic carbocycles. The van der Waals surface area contributed by atoms with Crippen molar-refractivity contribution in [2.24, 2.45) is 0 Å². The quantitative estimate of drug-likeness (QED) is 0.196. The SMILES string of the molecule is O=C(Nc1nccs1)C(c1ncn2c1C[C@@H](F)C2)n1cc2c(Cl)cc(-c3ccc(C4CCN(CCF)CC4)cc3)c(Cl)c2n1. The van der Waals surface area contributed by atoms with Crippen molar-refractivity contribution in [1.29, 1.82) is 0 Å². The summed E-state index contributed by atoms with van der Waals surface area (Å²) in [6.45, 7) is 2.19. The molecule has 0 spiro atoms. The molecule has 2 aliphatic heterocycles. The van der Waals surface area contributed by atoms with Crippen molar-refractivity contribution >= 4 is 56.5 Å². The molecule has 0 saturated carbocycles. The summed E-state index contributed by atoms with van der Waals surface area (Å²) in [6, 6.07) is 9.13. The number of nitrogens with one attached hydrogen (secondary N) is 1. The highest BCUT2D eigenvalue weighted by Crippen LogP contribution is 2.40. The molecule has 8 nitrogen and oxygen atoms in total. The lowest BCUT2D eigenvalue weighted by molar-refractivity contribution is -0.118. The molecule has 1 N–H and O–H groups in total. The fourth-order valence-corrected chi connectivity index (χ4v) is 7.44. The lowest BCUT2D eigenvalue weighted by Gasteiger charge is -2.31. The molecule has 0 aliphatic carbocycles. The number of fused-ring (bicyclic) bond motifs is 2. The van der Waals surface area contributed by atoms with E-state index in [1.54, 1.807) is 28.7 Å². The number of carbonyl (C=O) groups is 1. The first-order chi connectivity index (χ1) is 21.4. The molecule has 1 unspecified atom stereocenters. The third-order valence-corrected chi connectivity index (χ3v) is 9.99. The summed E-state index contributed by atoms with van der Waals surface area (Å²) in [5.74, 6) is 0.0249. The number of aromatic nitrogens is 5.